The summed E-state index contributed by atoms with van der Waals surface area (Å²) in [5, 5.41) is 0.110. The van der Waals surface area contributed by atoms with Crippen LogP contribution in [-0.2, 0) is 33.0 Å². The van der Waals surface area contributed by atoms with Crippen molar-refractivity contribution in [2.24, 2.45) is 11.8 Å². The molecule has 2 rings (SSSR count). The van der Waals surface area contributed by atoms with Gasteiger partial charge in [-0.2, -0.15) is 0 Å². The summed E-state index contributed by atoms with van der Waals surface area (Å²) in [6.07, 6.45) is 10.2. The molecule has 202 valence electrons. The zero-order valence-electron chi connectivity index (χ0n) is 23.0. The third-order valence-corrected chi connectivity index (χ3v) is 12.2. The molecule has 2 fully saturated rings. The summed E-state index contributed by atoms with van der Waals surface area (Å²) >= 11 is 0. The molecule has 35 heavy (non-hydrogen) atoms. The molecule has 2 aliphatic rings. The van der Waals surface area contributed by atoms with E-state index in [0.717, 1.165) is 45.1 Å². The van der Waals surface area contributed by atoms with Gasteiger partial charge in [0.2, 0.25) is 0 Å². The number of hydrogen-bond donors (Lipinski definition) is 0. The zero-order chi connectivity index (χ0) is 26.1. The van der Waals surface area contributed by atoms with Gasteiger partial charge in [0, 0.05) is 44.8 Å². The zero-order valence-corrected chi connectivity index (χ0v) is 24.0. The SMILES string of the molecule is COC(=O)CCC/C=C\C[C@@H]1[C@H](CO[Si](C)(C)C(C)(C)C)[C@H](OC2CCCCO2)C[C@@H]1OC(C)=O. The maximum absolute atomic E-state index is 11.9. The second-order valence-corrected chi connectivity index (χ2v) is 16.2. The first-order valence-electron chi connectivity index (χ1n) is 13.2. The Hall–Kier alpha value is -1.22. The van der Waals surface area contributed by atoms with Crippen LogP contribution in [0.25, 0.3) is 0 Å². The van der Waals surface area contributed by atoms with Crippen LogP contribution in [0.4, 0.5) is 0 Å². The molecule has 5 atom stereocenters. The highest BCUT2D eigenvalue weighted by atomic mass is 28.4. The van der Waals surface area contributed by atoms with E-state index in [1.54, 1.807) is 0 Å². The van der Waals surface area contributed by atoms with Crippen LogP contribution >= 0.6 is 0 Å². The third-order valence-electron chi connectivity index (χ3n) is 7.75. The van der Waals surface area contributed by atoms with Crippen LogP contribution < -0.4 is 0 Å². The molecule has 0 N–H and O–H groups in total. The molecule has 1 saturated carbocycles. The number of ether oxygens (including phenoxy) is 4. The molecular weight excluding hydrogens is 464 g/mol. The van der Waals surface area contributed by atoms with Gasteiger partial charge in [-0.3, -0.25) is 9.59 Å². The summed E-state index contributed by atoms with van der Waals surface area (Å²) in [4.78, 5) is 23.3. The summed E-state index contributed by atoms with van der Waals surface area (Å²) in [7, 11) is -0.545. The van der Waals surface area contributed by atoms with Gasteiger partial charge in [-0.1, -0.05) is 32.9 Å². The van der Waals surface area contributed by atoms with Gasteiger partial charge in [-0.15, -0.1) is 0 Å². The van der Waals surface area contributed by atoms with E-state index in [1.807, 2.05) is 0 Å². The minimum atomic E-state index is -1.96. The summed E-state index contributed by atoms with van der Waals surface area (Å²) in [5.41, 5.74) is 0. The highest BCUT2D eigenvalue weighted by molar-refractivity contribution is 6.74. The lowest BCUT2D eigenvalue weighted by atomic mass is 9.91. The lowest BCUT2D eigenvalue weighted by Crippen LogP contribution is -2.44. The molecule has 0 bridgehead atoms. The Morgan fingerprint density at radius 3 is 2.43 bits per heavy atom. The van der Waals surface area contributed by atoms with Crippen LogP contribution in [0.3, 0.4) is 0 Å². The fourth-order valence-electron chi connectivity index (χ4n) is 4.56. The van der Waals surface area contributed by atoms with E-state index in [-0.39, 0.29) is 47.3 Å². The van der Waals surface area contributed by atoms with Crippen LogP contribution in [0.1, 0.15) is 79.1 Å². The van der Waals surface area contributed by atoms with Crippen molar-refractivity contribution in [1.82, 2.24) is 0 Å². The summed E-state index contributed by atoms with van der Waals surface area (Å²) in [6, 6.07) is 0. The Morgan fingerprint density at radius 2 is 1.83 bits per heavy atom. The standard InChI is InChI=1S/C27H48O7Si/c1-20(28)33-23-18-24(34-26-16-12-13-17-31-26)22(19-32-35(6,7)27(2,3)4)21(23)14-10-8-9-11-15-25(29)30-5/h8,10,21-24,26H,9,11-19H2,1-7H3/b10-8-/t21-,22+,23+,24-,26?/m1/s1. The number of hydrogen-bond acceptors (Lipinski definition) is 7. The van der Waals surface area contributed by atoms with Crippen molar-refractivity contribution in [2.75, 3.05) is 20.3 Å². The Kier molecular flexibility index (Phi) is 11.9. The number of carbonyl (C=O) groups excluding carboxylic acids is 2. The van der Waals surface area contributed by atoms with E-state index < -0.39 is 8.32 Å². The minimum Gasteiger partial charge on any atom is -0.469 e. The van der Waals surface area contributed by atoms with Crippen LogP contribution in [0, 0.1) is 11.8 Å². The number of rotatable bonds is 12. The first kappa shape index (κ1) is 30.0. The van der Waals surface area contributed by atoms with Crippen molar-refractivity contribution in [3.8, 4) is 0 Å². The van der Waals surface area contributed by atoms with E-state index in [0.29, 0.717) is 19.4 Å². The molecule has 0 spiro atoms. The van der Waals surface area contributed by atoms with Gasteiger partial charge in [0.25, 0.3) is 0 Å². The Bertz CT molecular complexity index is 694. The Labute approximate surface area is 213 Å². The smallest absolute Gasteiger partial charge is 0.305 e. The molecule has 1 unspecified atom stereocenters. The maximum Gasteiger partial charge on any atom is 0.305 e. The van der Waals surface area contributed by atoms with Crippen LogP contribution in [0.5, 0.6) is 0 Å². The van der Waals surface area contributed by atoms with Crippen LogP contribution in [0.2, 0.25) is 18.1 Å². The molecule has 0 amide bonds. The second-order valence-electron chi connectivity index (χ2n) is 11.4. The molecule has 1 aliphatic heterocycles. The molecular formula is C27H48O7Si. The van der Waals surface area contributed by atoms with E-state index in [9.17, 15) is 9.59 Å². The summed E-state index contributed by atoms with van der Waals surface area (Å²) < 4.78 is 29.5. The summed E-state index contributed by atoms with van der Waals surface area (Å²) in [6.45, 7) is 14.1. The fraction of sp³-hybridized carbons (Fsp3) is 0.852. The van der Waals surface area contributed by atoms with Crippen molar-refractivity contribution in [2.45, 2.75) is 116 Å². The van der Waals surface area contributed by atoms with Gasteiger partial charge in [0.15, 0.2) is 14.6 Å². The van der Waals surface area contributed by atoms with E-state index in [4.69, 9.17) is 23.4 Å². The van der Waals surface area contributed by atoms with Crippen molar-refractivity contribution in [3.63, 3.8) is 0 Å². The molecule has 0 aromatic rings. The first-order chi connectivity index (χ1) is 16.4. The van der Waals surface area contributed by atoms with Crippen molar-refractivity contribution in [3.05, 3.63) is 12.2 Å². The van der Waals surface area contributed by atoms with E-state index in [2.05, 4.69) is 46.0 Å². The number of carbonyl (C=O) groups is 2. The van der Waals surface area contributed by atoms with Gasteiger partial charge in [-0.25, -0.2) is 0 Å². The largest absolute Gasteiger partial charge is 0.469 e. The maximum atomic E-state index is 11.9. The quantitative estimate of drug-likeness (QED) is 0.142. The molecule has 8 heteroatoms. The minimum absolute atomic E-state index is 0.0788. The predicted octanol–water partition coefficient (Wildman–Crippen LogP) is 5.78. The van der Waals surface area contributed by atoms with Gasteiger partial charge in [0.1, 0.15) is 6.10 Å². The highest BCUT2D eigenvalue weighted by Gasteiger charge is 2.48. The number of allylic oxidation sites excluding steroid dienone is 2. The fourth-order valence-corrected chi connectivity index (χ4v) is 5.61. The molecule has 1 saturated heterocycles. The van der Waals surface area contributed by atoms with E-state index in [1.165, 1.54) is 14.0 Å². The van der Waals surface area contributed by atoms with Crippen LogP contribution in [0.15, 0.2) is 12.2 Å². The lowest BCUT2D eigenvalue weighted by molar-refractivity contribution is -0.198. The van der Waals surface area contributed by atoms with Crippen molar-refractivity contribution < 1.29 is 33.0 Å². The van der Waals surface area contributed by atoms with Gasteiger partial charge < -0.3 is 23.4 Å². The normalized spacial score (nSPS) is 27.8. The number of esters is 2. The van der Waals surface area contributed by atoms with Gasteiger partial charge in [-0.05, 0) is 56.7 Å². The monoisotopic (exact) mass is 512 g/mol. The lowest BCUT2D eigenvalue weighted by Gasteiger charge is -2.38. The van der Waals surface area contributed by atoms with Crippen molar-refractivity contribution >= 4 is 20.3 Å². The van der Waals surface area contributed by atoms with Gasteiger partial charge >= 0.3 is 11.9 Å². The molecule has 0 radical (unpaired) electrons. The average Bonchev–Trinajstić information content (AvgIpc) is 3.09. The third kappa shape index (κ3) is 9.63. The average molecular weight is 513 g/mol. The Morgan fingerprint density at radius 1 is 1.09 bits per heavy atom. The molecule has 0 aromatic heterocycles. The Balaban J connectivity index is 2.14. The predicted molar refractivity (Wildman–Crippen MR) is 138 cm³/mol. The molecule has 1 heterocycles. The molecule has 1 aliphatic carbocycles. The summed E-state index contributed by atoms with van der Waals surface area (Å²) in [5.74, 6) is -0.231. The van der Waals surface area contributed by atoms with Crippen molar-refractivity contribution in [1.29, 1.82) is 0 Å². The van der Waals surface area contributed by atoms with Crippen LogP contribution in [-0.4, -0.2) is 59.1 Å². The van der Waals surface area contributed by atoms with E-state index >= 15 is 0 Å². The number of methoxy groups -OCH3 is 1. The molecule has 7 nitrogen and oxygen atoms in total. The molecule has 0 aromatic carbocycles. The number of unbranched alkanes of at least 4 members (excludes halogenated alkanes) is 1. The second kappa shape index (κ2) is 13.9. The first-order valence-corrected chi connectivity index (χ1v) is 16.2. The topological polar surface area (TPSA) is 80.3 Å². The highest BCUT2D eigenvalue weighted by Crippen LogP contribution is 2.43. The van der Waals surface area contributed by atoms with Gasteiger partial charge in [0.05, 0.1) is 13.2 Å².